The highest BCUT2D eigenvalue weighted by Crippen LogP contribution is 2.36. The van der Waals surface area contributed by atoms with Crippen LogP contribution in [0.2, 0.25) is 0 Å². The van der Waals surface area contributed by atoms with Gasteiger partial charge in [0.2, 0.25) is 5.91 Å². The Balaban J connectivity index is 2.10. The molecule has 0 bridgehead atoms. The first-order chi connectivity index (χ1) is 13.8. The fourth-order valence-electron chi connectivity index (χ4n) is 3.77. The van der Waals surface area contributed by atoms with Crippen molar-refractivity contribution < 1.29 is 4.79 Å². The molecule has 0 spiro atoms. The molecule has 6 heteroatoms. The highest BCUT2D eigenvalue weighted by Gasteiger charge is 2.37. The van der Waals surface area contributed by atoms with Gasteiger partial charge in [-0.15, -0.1) is 0 Å². The van der Waals surface area contributed by atoms with Gasteiger partial charge in [0.15, 0.2) is 0 Å². The van der Waals surface area contributed by atoms with Crippen LogP contribution in [0.4, 0.5) is 11.4 Å². The number of carbonyl (C=O) groups excluding carboxylic acids is 1. The van der Waals surface area contributed by atoms with Gasteiger partial charge in [-0.2, -0.15) is 0 Å². The molecular weight excluding hydrogens is 362 g/mol. The summed E-state index contributed by atoms with van der Waals surface area (Å²) in [7, 11) is 4.04. The maximum atomic E-state index is 13.7. The van der Waals surface area contributed by atoms with Crippen LogP contribution in [0, 0.1) is 5.41 Å². The number of amides is 1. The number of nitrogens with zero attached hydrogens (tertiary/aromatic N) is 5. The number of anilines is 2. The van der Waals surface area contributed by atoms with Gasteiger partial charge in [-0.25, -0.2) is 9.97 Å². The number of carbonyl (C=O) groups is 1. The normalized spacial score (nSPS) is 16.3. The zero-order valence-corrected chi connectivity index (χ0v) is 18.3. The second-order valence-corrected chi connectivity index (χ2v) is 8.98. The second-order valence-electron chi connectivity index (χ2n) is 8.98. The molecule has 1 aliphatic rings. The van der Waals surface area contributed by atoms with Crippen molar-refractivity contribution in [2.75, 3.05) is 37.0 Å². The summed E-state index contributed by atoms with van der Waals surface area (Å²) in [5.41, 5.74) is 2.44. The fourth-order valence-corrected chi connectivity index (χ4v) is 3.77. The molecule has 1 amide bonds. The van der Waals surface area contributed by atoms with Gasteiger partial charge in [-0.05, 0) is 37.1 Å². The summed E-state index contributed by atoms with van der Waals surface area (Å²) in [5.74, 6) is 0.0922. The molecule has 1 atom stereocenters. The van der Waals surface area contributed by atoms with Crippen LogP contribution < -0.4 is 9.80 Å². The van der Waals surface area contributed by atoms with Crippen LogP contribution in [0.15, 0.2) is 43.0 Å². The second kappa shape index (κ2) is 8.91. The third-order valence-electron chi connectivity index (χ3n) is 5.36. The predicted molar refractivity (Wildman–Crippen MR) is 118 cm³/mol. The third kappa shape index (κ3) is 4.93. The summed E-state index contributed by atoms with van der Waals surface area (Å²) in [5, 5.41) is 0. The lowest BCUT2D eigenvalue weighted by atomic mass is 9.93. The van der Waals surface area contributed by atoms with Crippen molar-refractivity contribution in [2.45, 2.75) is 46.2 Å². The molecule has 156 valence electrons. The average molecular weight is 396 g/mol. The number of hydrogen-bond donors (Lipinski definition) is 0. The van der Waals surface area contributed by atoms with E-state index in [1.807, 2.05) is 64.3 Å². The van der Waals surface area contributed by atoms with Crippen LogP contribution in [0.3, 0.4) is 0 Å². The van der Waals surface area contributed by atoms with E-state index in [4.69, 9.17) is 0 Å². The lowest BCUT2D eigenvalue weighted by Gasteiger charge is -2.43. The molecule has 1 saturated heterocycles. The molecule has 2 aromatic rings. The summed E-state index contributed by atoms with van der Waals surface area (Å²) in [6.45, 7) is 7.86. The Morgan fingerprint density at radius 3 is 2.03 bits per heavy atom. The molecule has 6 nitrogen and oxygen atoms in total. The molecule has 0 radical (unpaired) electrons. The molecule has 2 heterocycles. The van der Waals surface area contributed by atoms with Gasteiger partial charge >= 0.3 is 0 Å². The van der Waals surface area contributed by atoms with Gasteiger partial charge < -0.3 is 4.90 Å². The standard InChI is InChI=1S/C23H33N5O/c1-23(2,3)22(29)28(20-11-9-19(10-12-20)26(4)5)21(18-15-24-17-25-16-18)27-13-7-6-8-14-27/h9-12,15-17,21H,6-8,13-14H2,1-5H3. The molecule has 0 saturated carbocycles. The van der Waals surface area contributed by atoms with E-state index in [1.54, 1.807) is 6.33 Å². The first-order valence-electron chi connectivity index (χ1n) is 10.4. The fraction of sp³-hybridized carbons (Fsp3) is 0.522. The van der Waals surface area contributed by atoms with E-state index in [2.05, 4.69) is 31.9 Å². The van der Waals surface area contributed by atoms with Gasteiger partial charge in [0.1, 0.15) is 12.5 Å². The number of piperidine rings is 1. The summed E-state index contributed by atoms with van der Waals surface area (Å²) in [6.07, 6.45) is 8.51. The summed E-state index contributed by atoms with van der Waals surface area (Å²) >= 11 is 0. The topological polar surface area (TPSA) is 52.6 Å². The molecule has 1 aromatic heterocycles. The molecular formula is C23H33N5O. The number of benzene rings is 1. The SMILES string of the molecule is CN(C)c1ccc(N(C(=O)C(C)(C)C)C(c2cncnc2)N2CCCCC2)cc1. The first kappa shape index (κ1) is 21.2. The quantitative estimate of drug-likeness (QED) is 0.763. The molecule has 0 N–H and O–H groups in total. The van der Waals surface area contributed by atoms with Gasteiger partial charge in [-0.3, -0.25) is 14.6 Å². The van der Waals surface area contributed by atoms with Crippen molar-refractivity contribution in [1.82, 2.24) is 14.9 Å². The average Bonchev–Trinajstić information content (AvgIpc) is 2.72. The Morgan fingerprint density at radius 2 is 1.52 bits per heavy atom. The minimum absolute atomic E-state index is 0.0922. The molecule has 29 heavy (non-hydrogen) atoms. The van der Waals surface area contributed by atoms with Crippen LogP contribution in [0.25, 0.3) is 0 Å². The highest BCUT2D eigenvalue weighted by atomic mass is 16.2. The van der Waals surface area contributed by atoms with E-state index >= 15 is 0 Å². The molecule has 1 fully saturated rings. The monoisotopic (exact) mass is 395 g/mol. The van der Waals surface area contributed by atoms with E-state index in [0.717, 1.165) is 42.9 Å². The predicted octanol–water partition coefficient (Wildman–Crippen LogP) is 4.11. The Hall–Kier alpha value is -2.47. The molecule has 1 aliphatic heterocycles. The number of likely N-dealkylation sites (tertiary alicyclic amines) is 1. The molecule has 1 aromatic carbocycles. The molecule has 3 rings (SSSR count). The Kier molecular flexibility index (Phi) is 6.52. The lowest BCUT2D eigenvalue weighted by molar-refractivity contribution is -0.127. The van der Waals surface area contributed by atoms with Crippen molar-refractivity contribution in [3.05, 3.63) is 48.5 Å². The molecule has 0 aliphatic carbocycles. The van der Waals surface area contributed by atoms with E-state index in [9.17, 15) is 4.79 Å². The van der Waals surface area contributed by atoms with Gasteiger partial charge in [0.05, 0.1) is 0 Å². The van der Waals surface area contributed by atoms with Crippen LogP contribution in [-0.4, -0.2) is 48.0 Å². The number of rotatable bonds is 5. The Morgan fingerprint density at radius 1 is 0.966 bits per heavy atom. The summed E-state index contributed by atoms with van der Waals surface area (Å²) < 4.78 is 0. The van der Waals surface area contributed by atoms with Crippen molar-refractivity contribution in [2.24, 2.45) is 5.41 Å². The van der Waals surface area contributed by atoms with E-state index in [0.29, 0.717) is 0 Å². The third-order valence-corrected chi connectivity index (χ3v) is 5.36. The van der Waals surface area contributed by atoms with Crippen LogP contribution >= 0.6 is 0 Å². The van der Waals surface area contributed by atoms with E-state index in [1.165, 1.54) is 6.42 Å². The van der Waals surface area contributed by atoms with Crippen molar-refractivity contribution in [3.8, 4) is 0 Å². The minimum atomic E-state index is -0.510. The van der Waals surface area contributed by atoms with E-state index in [-0.39, 0.29) is 12.1 Å². The zero-order valence-electron chi connectivity index (χ0n) is 18.3. The summed E-state index contributed by atoms with van der Waals surface area (Å²) in [4.78, 5) is 28.6. The highest BCUT2D eigenvalue weighted by molar-refractivity contribution is 5.97. The number of aromatic nitrogens is 2. The largest absolute Gasteiger partial charge is 0.378 e. The molecule has 1 unspecified atom stereocenters. The van der Waals surface area contributed by atoms with Gasteiger partial charge in [-0.1, -0.05) is 27.2 Å². The summed E-state index contributed by atoms with van der Waals surface area (Å²) in [6, 6.07) is 8.21. The van der Waals surface area contributed by atoms with Crippen LogP contribution in [0.1, 0.15) is 51.8 Å². The lowest BCUT2D eigenvalue weighted by Crippen LogP contribution is -2.50. The Labute approximate surface area is 174 Å². The Bertz CT molecular complexity index is 792. The van der Waals surface area contributed by atoms with Crippen molar-refractivity contribution in [3.63, 3.8) is 0 Å². The van der Waals surface area contributed by atoms with Crippen LogP contribution in [0.5, 0.6) is 0 Å². The van der Waals surface area contributed by atoms with Gasteiger partial charge in [0, 0.05) is 61.9 Å². The maximum Gasteiger partial charge on any atom is 0.233 e. The van der Waals surface area contributed by atoms with E-state index < -0.39 is 5.41 Å². The number of hydrogen-bond acceptors (Lipinski definition) is 5. The smallest absolute Gasteiger partial charge is 0.233 e. The van der Waals surface area contributed by atoms with Crippen molar-refractivity contribution >= 4 is 17.3 Å². The first-order valence-corrected chi connectivity index (χ1v) is 10.4. The van der Waals surface area contributed by atoms with Crippen LogP contribution in [-0.2, 0) is 4.79 Å². The maximum absolute atomic E-state index is 13.7. The van der Waals surface area contributed by atoms with Crippen molar-refractivity contribution in [1.29, 1.82) is 0 Å². The minimum Gasteiger partial charge on any atom is -0.378 e. The van der Waals surface area contributed by atoms with Gasteiger partial charge in [0.25, 0.3) is 0 Å². The zero-order chi connectivity index (χ0) is 21.0.